The number of sulfone groups is 1. The van der Waals surface area contributed by atoms with Crippen LogP contribution in [0.2, 0.25) is 0 Å². The summed E-state index contributed by atoms with van der Waals surface area (Å²) in [5, 5.41) is 0. The van der Waals surface area contributed by atoms with Crippen LogP contribution in [0.15, 0.2) is 102 Å². The van der Waals surface area contributed by atoms with Gasteiger partial charge in [0.05, 0.1) is 16.6 Å². The molecule has 5 rings (SSSR count). The van der Waals surface area contributed by atoms with E-state index in [1.165, 1.54) is 17.4 Å². The normalized spacial score (nSPS) is 11.7. The van der Waals surface area contributed by atoms with Crippen molar-refractivity contribution in [2.45, 2.75) is 11.3 Å². The molecule has 5 nitrogen and oxygen atoms in total. The van der Waals surface area contributed by atoms with E-state index in [4.69, 9.17) is 4.98 Å². The minimum absolute atomic E-state index is 0.288. The molecule has 0 aliphatic heterocycles. The summed E-state index contributed by atoms with van der Waals surface area (Å²) in [6.45, 7) is 0. The first kappa shape index (κ1) is 20.2. The maximum atomic E-state index is 11.8. The van der Waals surface area contributed by atoms with Crippen molar-refractivity contribution in [3.63, 3.8) is 0 Å². The Hall–Kier alpha value is -3.77. The second-order valence-corrected chi connectivity index (χ2v) is 9.78. The zero-order valence-electron chi connectivity index (χ0n) is 17.5. The number of rotatable bonds is 5. The average Bonchev–Trinajstić information content (AvgIpc) is 3.19. The van der Waals surface area contributed by atoms with Gasteiger partial charge in [-0.2, -0.15) is 0 Å². The van der Waals surface area contributed by atoms with Gasteiger partial charge in [-0.15, -0.1) is 0 Å². The number of aromatic nitrogens is 3. The first-order valence-electron chi connectivity index (χ1n) is 10.3. The summed E-state index contributed by atoms with van der Waals surface area (Å²) in [5.74, 6) is 0.740. The lowest BCUT2D eigenvalue weighted by molar-refractivity contribution is 0.602. The first-order valence-corrected chi connectivity index (χ1v) is 12.1. The predicted octanol–water partition coefficient (Wildman–Crippen LogP) is 5.08. The minimum Gasteiger partial charge on any atom is -0.292 e. The van der Waals surface area contributed by atoms with Crippen LogP contribution >= 0.6 is 0 Å². The van der Waals surface area contributed by atoms with E-state index in [0.29, 0.717) is 0 Å². The van der Waals surface area contributed by atoms with E-state index in [2.05, 4.69) is 58.1 Å². The third kappa shape index (κ3) is 3.92. The first-order chi connectivity index (χ1) is 15.5. The Balaban J connectivity index is 1.58. The molecule has 3 aromatic carbocycles. The molecule has 2 aromatic heterocycles. The second kappa shape index (κ2) is 8.05. The van der Waals surface area contributed by atoms with Gasteiger partial charge < -0.3 is 0 Å². The number of imidazole rings is 1. The molecule has 0 aliphatic carbocycles. The van der Waals surface area contributed by atoms with Crippen LogP contribution < -0.4 is 0 Å². The summed E-state index contributed by atoms with van der Waals surface area (Å²) >= 11 is 0. The Labute approximate surface area is 186 Å². The third-order valence-electron chi connectivity index (χ3n) is 5.44. The lowest BCUT2D eigenvalue weighted by Gasteiger charge is -2.11. The van der Waals surface area contributed by atoms with E-state index in [0.717, 1.165) is 34.5 Å². The molecule has 5 aromatic rings. The summed E-state index contributed by atoms with van der Waals surface area (Å²) in [4.78, 5) is 9.29. The van der Waals surface area contributed by atoms with Gasteiger partial charge in [0.1, 0.15) is 11.3 Å². The molecule has 0 spiro atoms. The predicted molar refractivity (Wildman–Crippen MR) is 127 cm³/mol. The maximum absolute atomic E-state index is 11.8. The molecule has 0 atom stereocenters. The van der Waals surface area contributed by atoms with Crippen molar-refractivity contribution in [2.75, 3.05) is 6.26 Å². The number of pyridine rings is 1. The highest BCUT2D eigenvalue weighted by molar-refractivity contribution is 7.90. The molecule has 0 bridgehead atoms. The van der Waals surface area contributed by atoms with E-state index in [-0.39, 0.29) is 4.90 Å². The lowest BCUT2D eigenvalue weighted by Crippen LogP contribution is -2.00. The molecular weight excluding hydrogens is 418 g/mol. The topological polar surface area (TPSA) is 64.8 Å². The Morgan fingerprint density at radius 1 is 0.812 bits per heavy atom. The van der Waals surface area contributed by atoms with E-state index in [9.17, 15) is 8.42 Å². The van der Waals surface area contributed by atoms with Gasteiger partial charge in [-0.05, 0) is 60.0 Å². The zero-order chi connectivity index (χ0) is 22.1. The molecule has 0 radical (unpaired) electrons. The summed E-state index contributed by atoms with van der Waals surface area (Å²) < 4.78 is 25.8. The molecule has 158 valence electrons. The zero-order valence-corrected chi connectivity index (χ0v) is 18.3. The van der Waals surface area contributed by atoms with Gasteiger partial charge in [0.2, 0.25) is 0 Å². The van der Waals surface area contributed by atoms with Crippen LogP contribution in [-0.4, -0.2) is 29.2 Å². The van der Waals surface area contributed by atoms with E-state index < -0.39 is 9.84 Å². The molecule has 0 saturated carbocycles. The standard InChI is InChI=1S/C26H21N3O2S/c1-32(30,31)23-13-9-21(10-14-23)26-28-24-18-27-16-15-25(24)29(26)22-11-7-20(8-12-22)17-19-5-3-2-4-6-19/h2-16,18H,17H2,1H3. The summed E-state index contributed by atoms with van der Waals surface area (Å²) in [7, 11) is -3.26. The number of nitrogens with zero attached hydrogens (tertiary/aromatic N) is 3. The smallest absolute Gasteiger partial charge is 0.175 e. The fourth-order valence-corrected chi connectivity index (χ4v) is 4.46. The Morgan fingerprint density at radius 3 is 2.19 bits per heavy atom. The van der Waals surface area contributed by atoms with Crippen molar-refractivity contribution in [3.8, 4) is 17.1 Å². The molecule has 0 unspecified atom stereocenters. The van der Waals surface area contributed by atoms with Gasteiger partial charge in [-0.3, -0.25) is 9.55 Å². The second-order valence-electron chi connectivity index (χ2n) is 7.76. The van der Waals surface area contributed by atoms with Crippen molar-refractivity contribution < 1.29 is 8.42 Å². The number of hydrogen-bond acceptors (Lipinski definition) is 4. The van der Waals surface area contributed by atoms with Gasteiger partial charge in [-0.25, -0.2) is 13.4 Å². The lowest BCUT2D eigenvalue weighted by atomic mass is 10.0. The highest BCUT2D eigenvalue weighted by Crippen LogP contribution is 2.29. The van der Waals surface area contributed by atoms with E-state index >= 15 is 0 Å². The molecule has 0 saturated heterocycles. The molecule has 0 amide bonds. The van der Waals surface area contributed by atoms with Crippen LogP contribution in [0.1, 0.15) is 11.1 Å². The Morgan fingerprint density at radius 2 is 1.50 bits per heavy atom. The van der Waals surface area contributed by atoms with Crippen molar-refractivity contribution in [3.05, 3.63) is 108 Å². The molecule has 2 heterocycles. The third-order valence-corrected chi connectivity index (χ3v) is 6.57. The average molecular weight is 440 g/mol. The van der Waals surface area contributed by atoms with E-state index in [1.54, 1.807) is 36.7 Å². The largest absolute Gasteiger partial charge is 0.292 e. The van der Waals surface area contributed by atoms with Crippen LogP contribution in [0, 0.1) is 0 Å². The van der Waals surface area contributed by atoms with Crippen molar-refractivity contribution in [1.29, 1.82) is 0 Å². The number of hydrogen-bond donors (Lipinski definition) is 0. The van der Waals surface area contributed by atoms with Gasteiger partial charge in [0, 0.05) is 23.7 Å². The van der Waals surface area contributed by atoms with Gasteiger partial charge in [-0.1, -0.05) is 42.5 Å². The van der Waals surface area contributed by atoms with Gasteiger partial charge in [0.25, 0.3) is 0 Å². The molecule has 0 fully saturated rings. The van der Waals surface area contributed by atoms with Crippen LogP contribution in [0.4, 0.5) is 0 Å². The van der Waals surface area contributed by atoms with Gasteiger partial charge >= 0.3 is 0 Å². The maximum Gasteiger partial charge on any atom is 0.175 e. The van der Waals surface area contributed by atoms with Gasteiger partial charge in [0.15, 0.2) is 9.84 Å². The van der Waals surface area contributed by atoms with Crippen molar-refractivity contribution in [1.82, 2.24) is 14.5 Å². The van der Waals surface area contributed by atoms with Crippen LogP contribution in [0.25, 0.3) is 28.1 Å². The molecule has 0 aliphatic rings. The summed E-state index contributed by atoms with van der Waals surface area (Å²) in [6, 6.07) is 27.6. The minimum atomic E-state index is -3.26. The number of fused-ring (bicyclic) bond motifs is 1. The Bertz CT molecular complexity index is 1490. The fraction of sp³-hybridized carbons (Fsp3) is 0.0769. The quantitative estimate of drug-likeness (QED) is 0.383. The fourth-order valence-electron chi connectivity index (χ4n) is 3.83. The highest BCUT2D eigenvalue weighted by atomic mass is 32.2. The monoisotopic (exact) mass is 439 g/mol. The highest BCUT2D eigenvalue weighted by Gasteiger charge is 2.15. The molecule has 6 heteroatoms. The molecule has 32 heavy (non-hydrogen) atoms. The SMILES string of the molecule is CS(=O)(=O)c1ccc(-c2nc3cnccc3n2-c2ccc(Cc3ccccc3)cc2)cc1. The molecule has 0 N–H and O–H groups in total. The number of benzene rings is 3. The van der Waals surface area contributed by atoms with Crippen LogP contribution in [0.3, 0.4) is 0 Å². The van der Waals surface area contributed by atoms with Crippen molar-refractivity contribution in [2.24, 2.45) is 0 Å². The molecular formula is C26H21N3O2S. The van der Waals surface area contributed by atoms with E-state index in [1.807, 2.05) is 12.1 Å². The summed E-state index contributed by atoms with van der Waals surface area (Å²) in [5.41, 5.74) is 6.04. The Kier molecular flexibility index (Phi) is 5.07. The van der Waals surface area contributed by atoms with Crippen LogP contribution in [-0.2, 0) is 16.3 Å². The summed E-state index contributed by atoms with van der Waals surface area (Å²) in [6.07, 6.45) is 5.57. The van der Waals surface area contributed by atoms with Crippen LogP contribution in [0.5, 0.6) is 0 Å². The van der Waals surface area contributed by atoms with Crippen molar-refractivity contribution >= 4 is 20.9 Å².